The molecule has 0 aliphatic heterocycles. The summed E-state index contributed by atoms with van der Waals surface area (Å²) >= 11 is 1.57. The molecule has 0 saturated carbocycles. The topological polar surface area (TPSA) is 50.7 Å². The minimum atomic E-state index is 0.807. The molecular weight excluding hydrogens is 220 g/mol. The highest BCUT2D eigenvalue weighted by Gasteiger charge is 2.00. The van der Waals surface area contributed by atoms with E-state index in [4.69, 9.17) is 0 Å². The van der Waals surface area contributed by atoms with Crippen molar-refractivity contribution in [2.75, 3.05) is 11.9 Å². The van der Waals surface area contributed by atoms with Crippen molar-refractivity contribution in [3.63, 3.8) is 0 Å². The molecule has 4 nitrogen and oxygen atoms in total. The molecule has 2 rings (SSSR count). The maximum absolute atomic E-state index is 4.43. The third kappa shape index (κ3) is 2.93. The Morgan fingerprint density at radius 2 is 2.00 bits per heavy atom. The second-order valence-electron chi connectivity index (χ2n) is 3.06. The highest BCUT2D eigenvalue weighted by molar-refractivity contribution is 7.99. The van der Waals surface area contributed by atoms with Gasteiger partial charge in [0.15, 0.2) is 0 Å². The molecule has 5 heteroatoms. The van der Waals surface area contributed by atoms with Gasteiger partial charge in [0.25, 0.3) is 0 Å². The number of hydrogen-bond acceptors (Lipinski definition) is 5. The lowest BCUT2D eigenvalue weighted by atomic mass is 10.5. The van der Waals surface area contributed by atoms with E-state index in [2.05, 4.69) is 20.3 Å². The number of rotatable bonds is 4. The Labute approximate surface area is 98.6 Å². The van der Waals surface area contributed by atoms with Crippen molar-refractivity contribution in [2.24, 2.45) is 0 Å². The number of pyridine rings is 1. The summed E-state index contributed by atoms with van der Waals surface area (Å²) in [7, 11) is 0. The van der Waals surface area contributed by atoms with Crippen molar-refractivity contribution < 1.29 is 0 Å². The zero-order valence-corrected chi connectivity index (χ0v) is 9.74. The van der Waals surface area contributed by atoms with Crippen LogP contribution >= 0.6 is 11.8 Å². The van der Waals surface area contributed by atoms with Crippen LogP contribution < -0.4 is 5.32 Å². The van der Waals surface area contributed by atoms with E-state index in [0.29, 0.717) is 0 Å². The second kappa shape index (κ2) is 5.46. The summed E-state index contributed by atoms with van der Waals surface area (Å²) < 4.78 is 0. The van der Waals surface area contributed by atoms with Crippen LogP contribution in [-0.4, -0.2) is 21.5 Å². The molecule has 16 heavy (non-hydrogen) atoms. The first-order chi connectivity index (χ1) is 7.88. The largest absolute Gasteiger partial charge is 0.369 e. The van der Waals surface area contributed by atoms with Gasteiger partial charge >= 0.3 is 0 Å². The second-order valence-corrected chi connectivity index (χ2v) is 4.15. The molecule has 0 spiro atoms. The predicted octanol–water partition coefficient (Wildman–Crippen LogP) is 2.45. The maximum atomic E-state index is 4.43. The summed E-state index contributed by atoms with van der Waals surface area (Å²) in [4.78, 5) is 13.6. The van der Waals surface area contributed by atoms with Crippen LogP contribution in [0.2, 0.25) is 0 Å². The number of nitrogens with one attached hydrogen (secondary N) is 1. The van der Waals surface area contributed by atoms with Crippen LogP contribution in [0, 0.1) is 0 Å². The SMILES string of the molecule is CCNc1cncc(Sc2ccncc2)n1. The van der Waals surface area contributed by atoms with Crippen molar-refractivity contribution in [3.8, 4) is 0 Å². The normalized spacial score (nSPS) is 10.1. The molecule has 0 fully saturated rings. The van der Waals surface area contributed by atoms with Crippen LogP contribution in [0.1, 0.15) is 6.92 Å². The van der Waals surface area contributed by atoms with E-state index < -0.39 is 0 Å². The molecule has 0 atom stereocenters. The Bertz CT molecular complexity index is 447. The quantitative estimate of drug-likeness (QED) is 0.877. The standard InChI is InChI=1S/C11H12N4S/c1-2-14-10-7-13-8-11(15-10)16-9-3-5-12-6-4-9/h3-8H,2H2,1H3,(H,14,15). The van der Waals surface area contributed by atoms with Gasteiger partial charge in [0.1, 0.15) is 10.8 Å². The Kier molecular flexibility index (Phi) is 3.71. The Balaban J connectivity index is 2.12. The van der Waals surface area contributed by atoms with Gasteiger partial charge in [-0.3, -0.25) is 9.97 Å². The van der Waals surface area contributed by atoms with Gasteiger partial charge in [-0.25, -0.2) is 4.98 Å². The predicted molar refractivity (Wildman–Crippen MR) is 64.6 cm³/mol. The van der Waals surface area contributed by atoms with Gasteiger partial charge in [-0.1, -0.05) is 11.8 Å². The first-order valence-electron chi connectivity index (χ1n) is 5.02. The molecule has 2 heterocycles. The number of nitrogens with zero attached hydrogens (tertiary/aromatic N) is 3. The summed E-state index contributed by atoms with van der Waals surface area (Å²) in [5, 5.41) is 4.01. The van der Waals surface area contributed by atoms with E-state index in [9.17, 15) is 0 Å². The van der Waals surface area contributed by atoms with E-state index in [1.807, 2.05) is 19.1 Å². The highest BCUT2D eigenvalue weighted by Crippen LogP contribution is 2.25. The van der Waals surface area contributed by atoms with Crippen LogP contribution in [0.3, 0.4) is 0 Å². The van der Waals surface area contributed by atoms with Crippen LogP contribution in [0.4, 0.5) is 5.82 Å². The van der Waals surface area contributed by atoms with Crippen molar-refractivity contribution in [2.45, 2.75) is 16.8 Å². The van der Waals surface area contributed by atoms with Gasteiger partial charge < -0.3 is 5.32 Å². The summed E-state index contributed by atoms with van der Waals surface area (Å²) in [6.45, 7) is 2.88. The third-order valence-electron chi connectivity index (χ3n) is 1.84. The van der Waals surface area contributed by atoms with Crippen LogP contribution in [0.5, 0.6) is 0 Å². The minimum absolute atomic E-state index is 0.807. The molecule has 0 aromatic carbocycles. The highest BCUT2D eigenvalue weighted by atomic mass is 32.2. The van der Waals surface area contributed by atoms with Crippen LogP contribution in [-0.2, 0) is 0 Å². The first-order valence-corrected chi connectivity index (χ1v) is 5.84. The van der Waals surface area contributed by atoms with Crippen molar-refractivity contribution in [1.29, 1.82) is 0 Å². The van der Waals surface area contributed by atoms with Gasteiger partial charge in [-0.2, -0.15) is 0 Å². The van der Waals surface area contributed by atoms with Crippen LogP contribution in [0.25, 0.3) is 0 Å². The van der Waals surface area contributed by atoms with E-state index >= 15 is 0 Å². The summed E-state index contributed by atoms with van der Waals surface area (Å²) in [5.74, 6) is 0.807. The van der Waals surface area contributed by atoms with Crippen molar-refractivity contribution in [1.82, 2.24) is 15.0 Å². The molecule has 1 N–H and O–H groups in total. The van der Waals surface area contributed by atoms with Crippen LogP contribution in [0.15, 0.2) is 46.8 Å². The van der Waals surface area contributed by atoms with Gasteiger partial charge in [0, 0.05) is 23.8 Å². The molecule has 82 valence electrons. The number of hydrogen-bond donors (Lipinski definition) is 1. The molecule has 0 amide bonds. The van der Waals surface area contributed by atoms with Gasteiger partial charge in [0.05, 0.1) is 12.4 Å². The fourth-order valence-corrected chi connectivity index (χ4v) is 1.95. The Morgan fingerprint density at radius 1 is 1.19 bits per heavy atom. The molecule has 0 unspecified atom stereocenters. The lowest BCUT2D eigenvalue weighted by Crippen LogP contribution is -2.00. The Hall–Kier alpha value is -1.62. The van der Waals surface area contributed by atoms with E-state index in [-0.39, 0.29) is 0 Å². The molecule has 0 aliphatic rings. The molecular formula is C11H12N4S. The Morgan fingerprint density at radius 3 is 2.75 bits per heavy atom. The first kappa shape index (κ1) is 10.9. The fraction of sp³-hybridized carbons (Fsp3) is 0.182. The average molecular weight is 232 g/mol. The lowest BCUT2D eigenvalue weighted by molar-refractivity contribution is 1.03. The van der Waals surface area contributed by atoms with Crippen molar-refractivity contribution in [3.05, 3.63) is 36.9 Å². The van der Waals surface area contributed by atoms with E-state index in [1.165, 1.54) is 0 Å². The fourth-order valence-electron chi connectivity index (χ4n) is 1.19. The molecule has 0 aliphatic carbocycles. The molecule has 2 aromatic heterocycles. The molecule has 0 saturated heterocycles. The van der Waals surface area contributed by atoms with Gasteiger partial charge in [-0.05, 0) is 19.1 Å². The minimum Gasteiger partial charge on any atom is -0.369 e. The monoisotopic (exact) mass is 232 g/mol. The lowest BCUT2D eigenvalue weighted by Gasteiger charge is -2.03. The number of anilines is 1. The average Bonchev–Trinajstić information content (AvgIpc) is 2.31. The maximum Gasteiger partial charge on any atom is 0.145 e. The zero-order chi connectivity index (χ0) is 11.2. The summed E-state index contributed by atoms with van der Waals surface area (Å²) in [6.07, 6.45) is 7.01. The number of aromatic nitrogens is 3. The van der Waals surface area contributed by atoms with Gasteiger partial charge in [-0.15, -0.1) is 0 Å². The van der Waals surface area contributed by atoms with E-state index in [1.54, 1.807) is 36.5 Å². The zero-order valence-electron chi connectivity index (χ0n) is 8.92. The molecule has 2 aromatic rings. The molecule has 0 radical (unpaired) electrons. The molecule has 0 bridgehead atoms. The summed E-state index contributed by atoms with van der Waals surface area (Å²) in [6, 6.07) is 3.90. The smallest absolute Gasteiger partial charge is 0.145 e. The summed E-state index contributed by atoms with van der Waals surface area (Å²) in [5.41, 5.74) is 0. The van der Waals surface area contributed by atoms with E-state index in [0.717, 1.165) is 22.3 Å². The van der Waals surface area contributed by atoms with Gasteiger partial charge in [0.2, 0.25) is 0 Å². The van der Waals surface area contributed by atoms with Crippen molar-refractivity contribution >= 4 is 17.6 Å². The third-order valence-corrected chi connectivity index (χ3v) is 2.76.